The van der Waals surface area contributed by atoms with Gasteiger partial charge >= 0.3 is 0 Å². The summed E-state index contributed by atoms with van der Waals surface area (Å²) in [5.74, 6) is -1.04. The summed E-state index contributed by atoms with van der Waals surface area (Å²) < 4.78 is 2.95. The van der Waals surface area contributed by atoms with Crippen LogP contribution < -0.4 is 0 Å². The van der Waals surface area contributed by atoms with Gasteiger partial charge in [0.25, 0.3) is 47.3 Å². The molecular weight excluding hydrogens is 1460 g/mol. The number of halogens is 4. The first-order chi connectivity index (χ1) is 46.3. The molecule has 12 nitrogen and oxygen atoms in total. The van der Waals surface area contributed by atoms with Gasteiger partial charge in [-0.3, -0.25) is 58.0 Å². The van der Waals surface area contributed by atoms with Crippen LogP contribution in [0.5, 0.6) is 0 Å². The predicted octanol–water partition coefficient (Wildman–Crippen LogP) is 21.8. The molecule has 16 heteroatoms. The molecule has 0 spiro atoms. The number of unbranched alkanes of at least 4 members (excludes halogenated alkanes) is 4. The Kier molecular flexibility index (Phi) is 19.2. The van der Waals surface area contributed by atoms with Crippen LogP contribution in [0.25, 0.3) is 86.2 Å². The Bertz CT molecular complexity index is 4680. The van der Waals surface area contributed by atoms with Crippen molar-refractivity contribution in [1.82, 2.24) is 19.6 Å². The molecule has 0 aromatic heterocycles. The van der Waals surface area contributed by atoms with Crippen molar-refractivity contribution in [2.24, 2.45) is 23.7 Å². The van der Waals surface area contributed by atoms with Gasteiger partial charge in [-0.15, -0.1) is 0 Å². The minimum absolute atomic E-state index is 0.246. The Labute approximate surface area is 593 Å². The minimum Gasteiger partial charge on any atom is -0.274 e. The Hall–Kier alpha value is -6.72. The molecule has 0 saturated carbocycles. The summed E-state index contributed by atoms with van der Waals surface area (Å²) in [6.45, 7) is 18.7. The van der Waals surface area contributed by atoms with Gasteiger partial charge in [-0.2, -0.15) is 0 Å². The van der Waals surface area contributed by atoms with E-state index in [1.54, 1.807) is 0 Å². The van der Waals surface area contributed by atoms with E-state index >= 15 is 0 Å². The SMILES string of the molecule is CCCCC(CC)CN1C(=O)c2ccc3c4c(Br)cc5c6c(cc(Br)c(c7ccc(c2c37)C1=O)c64)C(=O)N(CC(CC)CCCC)C5=O.CCCCC(CC)CN1C(=O)c2ccc3c4c(Br)cc5c6c(ccc(c7c(Br)cc(c2c37)C1=O)c64)C(=O)N(CC(CC)CCCC)C5=O. The topological polar surface area (TPSA) is 150 Å². The van der Waals surface area contributed by atoms with E-state index in [1.807, 2.05) is 72.8 Å². The monoisotopic (exact) mass is 1540 g/mol. The molecular formula is C80H80Br4N4O8. The normalized spacial score (nSPS) is 16.0. The number of hydrogen-bond acceptors (Lipinski definition) is 8. The highest BCUT2D eigenvalue weighted by molar-refractivity contribution is 9.11. The molecule has 10 aromatic carbocycles. The second kappa shape index (κ2) is 27.2. The molecule has 0 bridgehead atoms. The quantitative estimate of drug-likeness (QED) is 0.0330. The van der Waals surface area contributed by atoms with E-state index in [0.717, 1.165) is 185 Å². The summed E-state index contributed by atoms with van der Waals surface area (Å²) >= 11 is 15.3. The Morgan fingerprint density at radius 2 is 0.469 bits per heavy atom. The third kappa shape index (κ3) is 10.8. The number of amides is 8. The molecule has 4 unspecified atom stereocenters. The van der Waals surface area contributed by atoms with E-state index < -0.39 is 0 Å². The molecule has 0 N–H and O–H groups in total. The zero-order chi connectivity index (χ0) is 68.0. The van der Waals surface area contributed by atoms with E-state index in [4.69, 9.17) is 0 Å². The van der Waals surface area contributed by atoms with Crippen LogP contribution in [0.4, 0.5) is 0 Å². The van der Waals surface area contributed by atoms with Crippen molar-refractivity contribution in [2.75, 3.05) is 26.2 Å². The van der Waals surface area contributed by atoms with Crippen LogP contribution in [-0.2, 0) is 0 Å². The van der Waals surface area contributed by atoms with Crippen LogP contribution in [0, 0.1) is 23.7 Å². The maximum Gasteiger partial charge on any atom is 0.261 e. The summed E-state index contributed by atoms with van der Waals surface area (Å²) in [7, 11) is 0. The zero-order valence-corrected chi connectivity index (χ0v) is 62.3. The molecule has 4 aliphatic heterocycles. The fourth-order valence-electron chi connectivity index (χ4n) is 16.3. The first-order valence-corrected chi connectivity index (χ1v) is 38.1. The average Bonchev–Trinajstić information content (AvgIpc) is 0.690. The summed E-state index contributed by atoms with van der Waals surface area (Å²) in [4.78, 5) is 118. The lowest BCUT2D eigenvalue weighted by Gasteiger charge is -2.32. The number of nitrogens with zero attached hydrogens (tertiary/aromatic N) is 4. The van der Waals surface area contributed by atoms with Gasteiger partial charge in [0, 0.05) is 148 Å². The first kappa shape index (κ1) is 67.8. The van der Waals surface area contributed by atoms with Crippen molar-refractivity contribution < 1.29 is 38.4 Å². The van der Waals surface area contributed by atoms with Crippen LogP contribution in [0.15, 0.2) is 90.7 Å². The minimum atomic E-state index is -0.264. The molecule has 496 valence electrons. The number of rotatable bonds is 24. The molecule has 14 rings (SSSR count). The lowest BCUT2D eigenvalue weighted by molar-refractivity contribution is 0.0565. The number of carbonyl (C=O) groups excluding carboxylic acids is 8. The first-order valence-electron chi connectivity index (χ1n) is 35.0. The standard InChI is InChI=1S/2C40H40Br2N2O4/c1-5-9-11-21(7-3)19-43-37(45)25-15-13-23-34-30(42)18-28-32-26(38(46)44(40(28)48)20-22(8-4)12-10-6-2)16-14-24(36(32)34)33-29(41)17-27(39(43)47)31(25)35(23)33;1-5-9-11-21(7-3)19-43-37(45)25-15-13-23-31-24(14-16-26(32(25)31)38(43)46)35-30(42)18-28-33-27(17-29(41)34(23)36(33)35)39(47)44(40(28)48)20-22(8-4)12-10-6-2/h2*13-18,21-22H,5-12,19-20H2,1-4H3. The van der Waals surface area contributed by atoms with Gasteiger partial charge in [-0.1, -0.05) is 220 Å². The molecule has 0 aliphatic carbocycles. The average molecular weight is 1550 g/mol. The smallest absolute Gasteiger partial charge is 0.261 e. The Balaban J connectivity index is 0.000000174. The van der Waals surface area contributed by atoms with Crippen molar-refractivity contribution in [2.45, 2.75) is 158 Å². The van der Waals surface area contributed by atoms with Crippen molar-refractivity contribution in [1.29, 1.82) is 0 Å². The summed E-state index contributed by atoms with van der Waals surface area (Å²) in [5, 5.41) is 12.9. The Morgan fingerprint density at radius 3 is 0.708 bits per heavy atom. The van der Waals surface area contributed by atoms with Crippen molar-refractivity contribution in [3.05, 3.63) is 135 Å². The largest absolute Gasteiger partial charge is 0.274 e. The fraction of sp³-hybridized carbons (Fsp3) is 0.400. The third-order valence-electron chi connectivity index (χ3n) is 21.8. The highest BCUT2D eigenvalue weighted by Gasteiger charge is 2.42. The van der Waals surface area contributed by atoms with Gasteiger partial charge in [-0.05, 0) is 125 Å². The molecule has 0 fully saturated rings. The molecule has 96 heavy (non-hydrogen) atoms. The van der Waals surface area contributed by atoms with Crippen molar-refractivity contribution >= 4 is 197 Å². The van der Waals surface area contributed by atoms with Crippen LogP contribution >= 0.6 is 63.7 Å². The van der Waals surface area contributed by atoms with Gasteiger partial charge in [0.15, 0.2) is 0 Å². The molecule has 10 aromatic rings. The van der Waals surface area contributed by atoms with Crippen LogP contribution in [0.2, 0.25) is 0 Å². The maximum absolute atomic E-state index is 14.1. The predicted molar refractivity (Wildman–Crippen MR) is 401 cm³/mol. The number of fused-ring (bicyclic) bond motifs is 4. The molecule has 8 amide bonds. The maximum atomic E-state index is 14.1. The van der Waals surface area contributed by atoms with E-state index in [2.05, 4.69) is 119 Å². The van der Waals surface area contributed by atoms with Gasteiger partial charge in [0.05, 0.1) is 0 Å². The lowest BCUT2D eigenvalue weighted by Crippen LogP contribution is -2.43. The number of imide groups is 4. The van der Waals surface area contributed by atoms with Gasteiger partial charge < -0.3 is 0 Å². The summed E-state index contributed by atoms with van der Waals surface area (Å²) in [6, 6.07) is 22.7. The van der Waals surface area contributed by atoms with Crippen LogP contribution in [-0.4, -0.2) is 93.0 Å². The van der Waals surface area contributed by atoms with Gasteiger partial charge in [0.2, 0.25) is 0 Å². The van der Waals surface area contributed by atoms with Crippen molar-refractivity contribution in [3.63, 3.8) is 0 Å². The van der Waals surface area contributed by atoms with Gasteiger partial charge in [0.1, 0.15) is 0 Å². The fourth-order valence-corrected chi connectivity index (χ4v) is 18.9. The number of benzene rings is 10. The summed E-state index contributed by atoms with van der Waals surface area (Å²) in [6.07, 6.45) is 16.1. The second-order valence-corrected chi connectivity index (χ2v) is 30.7. The van der Waals surface area contributed by atoms with E-state index in [0.29, 0.717) is 92.2 Å². The number of carbonyl (C=O) groups is 8. The van der Waals surface area contributed by atoms with Crippen molar-refractivity contribution in [3.8, 4) is 0 Å². The molecule has 4 aliphatic rings. The highest BCUT2D eigenvalue weighted by atomic mass is 79.9. The van der Waals surface area contributed by atoms with Gasteiger partial charge in [-0.25, -0.2) is 0 Å². The van der Waals surface area contributed by atoms with E-state index in [9.17, 15) is 38.4 Å². The third-order valence-corrected chi connectivity index (χ3v) is 24.3. The molecule has 4 atom stereocenters. The second-order valence-electron chi connectivity index (χ2n) is 27.3. The molecule has 0 saturated heterocycles. The summed E-state index contributed by atoms with van der Waals surface area (Å²) in [5.41, 5.74) is 4.18. The molecule has 4 heterocycles. The lowest BCUT2D eigenvalue weighted by atomic mass is 9.82. The van der Waals surface area contributed by atoms with E-state index in [-0.39, 0.29) is 70.9 Å². The van der Waals surface area contributed by atoms with Crippen LogP contribution in [0.1, 0.15) is 241 Å². The zero-order valence-electron chi connectivity index (χ0n) is 55.9. The molecule has 0 radical (unpaired) electrons. The highest BCUT2D eigenvalue weighted by Crippen LogP contribution is 2.53. The number of hydrogen-bond donors (Lipinski definition) is 0. The van der Waals surface area contributed by atoms with E-state index in [1.165, 1.54) is 19.6 Å². The Morgan fingerprint density at radius 1 is 0.260 bits per heavy atom. The van der Waals surface area contributed by atoms with Crippen LogP contribution in [0.3, 0.4) is 0 Å².